The number of benzene rings is 1. The zero-order chi connectivity index (χ0) is 19.1. The molecule has 0 saturated heterocycles. The Morgan fingerprint density at radius 1 is 1.25 bits per heavy atom. The molecule has 2 aliphatic heterocycles. The first kappa shape index (κ1) is 17.1. The summed E-state index contributed by atoms with van der Waals surface area (Å²) in [6, 6.07) is 6.12. The zero-order valence-corrected chi connectivity index (χ0v) is 15.3. The van der Waals surface area contributed by atoms with E-state index in [0.29, 0.717) is 24.6 Å². The number of fused-ring (bicyclic) bond motifs is 2. The summed E-state index contributed by atoms with van der Waals surface area (Å²) in [5, 5.41) is 7.37. The number of halogens is 1. The van der Waals surface area contributed by atoms with Gasteiger partial charge in [-0.05, 0) is 31.4 Å². The van der Waals surface area contributed by atoms with Gasteiger partial charge in [-0.1, -0.05) is 12.1 Å². The van der Waals surface area contributed by atoms with Crippen LogP contribution in [0.3, 0.4) is 0 Å². The molecule has 144 valence electrons. The number of rotatable bonds is 3. The van der Waals surface area contributed by atoms with Crippen molar-refractivity contribution in [1.82, 2.24) is 24.6 Å². The second-order valence-electron chi connectivity index (χ2n) is 7.14. The van der Waals surface area contributed by atoms with Gasteiger partial charge in [0, 0.05) is 12.1 Å². The second-order valence-corrected chi connectivity index (χ2v) is 7.14. The van der Waals surface area contributed by atoms with E-state index in [1.165, 1.54) is 6.07 Å². The van der Waals surface area contributed by atoms with E-state index in [2.05, 4.69) is 20.0 Å². The maximum Gasteiger partial charge on any atom is 0.272 e. The number of carbonyl (C=O) groups excluding carboxylic acids is 1. The van der Waals surface area contributed by atoms with Crippen LogP contribution in [-0.2, 0) is 24.3 Å². The van der Waals surface area contributed by atoms with Crippen LogP contribution in [0.25, 0.3) is 5.69 Å². The number of nitrogens with one attached hydrogen (secondary N) is 1. The molecule has 1 atom stereocenters. The van der Waals surface area contributed by atoms with Gasteiger partial charge in [0.2, 0.25) is 0 Å². The SMILES string of the molecule is O=C(N[C@H]1COCc2c1cnn2-c1ccccc1F)c1ncn2c1CCCC2. The Morgan fingerprint density at radius 2 is 2.14 bits per heavy atom. The summed E-state index contributed by atoms with van der Waals surface area (Å²) < 4.78 is 23.5. The molecule has 0 spiro atoms. The lowest BCUT2D eigenvalue weighted by Gasteiger charge is -2.24. The van der Waals surface area contributed by atoms with E-state index in [0.717, 1.165) is 42.8 Å². The minimum atomic E-state index is -0.357. The maximum absolute atomic E-state index is 14.2. The third-order valence-corrected chi connectivity index (χ3v) is 5.41. The van der Waals surface area contributed by atoms with Gasteiger partial charge in [-0.2, -0.15) is 5.10 Å². The van der Waals surface area contributed by atoms with Gasteiger partial charge in [0.15, 0.2) is 0 Å². The van der Waals surface area contributed by atoms with Gasteiger partial charge < -0.3 is 14.6 Å². The first-order chi connectivity index (χ1) is 13.7. The normalized spacial score (nSPS) is 18.4. The van der Waals surface area contributed by atoms with Crippen LogP contribution in [0.2, 0.25) is 0 Å². The lowest BCUT2D eigenvalue weighted by Crippen LogP contribution is -2.35. The molecule has 0 unspecified atom stereocenters. The van der Waals surface area contributed by atoms with Crippen molar-refractivity contribution in [2.75, 3.05) is 6.61 Å². The van der Waals surface area contributed by atoms with Gasteiger partial charge in [-0.3, -0.25) is 4.79 Å². The number of hydrogen-bond donors (Lipinski definition) is 1. The van der Waals surface area contributed by atoms with Crippen LogP contribution in [0.5, 0.6) is 0 Å². The van der Waals surface area contributed by atoms with Gasteiger partial charge in [-0.25, -0.2) is 14.1 Å². The van der Waals surface area contributed by atoms with E-state index in [1.807, 2.05) is 0 Å². The zero-order valence-electron chi connectivity index (χ0n) is 15.3. The second kappa shape index (κ2) is 6.87. The molecule has 0 fully saturated rings. The molecular weight excluding hydrogens is 361 g/mol. The van der Waals surface area contributed by atoms with E-state index < -0.39 is 0 Å². The number of aryl methyl sites for hydroxylation is 1. The highest BCUT2D eigenvalue weighted by Gasteiger charge is 2.29. The number of hydrogen-bond acceptors (Lipinski definition) is 4. The van der Waals surface area contributed by atoms with Crippen LogP contribution >= 0.6 is 0 Å². The van der Waals surface area contributed by atoms with Gasteiger partial charge in [-0.15, -0.1) is 0 Å². The Bertz CT molecular complexity index is 1040. The summed E-state index contributed by atoms with van der Waals surface area (Å²) in [6.45, 7) is 1.56. The molecule has 4 heterocycles. The molecule has 1 N–H and O–H groups in total. The first-order valence-corrected chi connectivity index (χ1v) is 9.46. The Balaban J connectivity index is 1.42. The van der Waals surface area contributed by atoms with E-state index in [9.17, 15) is 9.18 Å². The van der Waals surface area contributed by atoms with Gasteiger partial charge in [0.05, 0.1) is 43.2 Å². The Labute approximate surface area is 161 Å². The van der Waals surface area contributed by atoms with E-state index in [-0.39, 0.29) is 17.8 Å². The summed E-state index contributed by atoms with van der Waals surface area (Å²) in [5.41, 5.74) is 3.42. The molecule has 28 heavy (non-hydrogen) atoms. The van der Waals surface area contributed by atoms with E-state index in [1.54, 1.807) is 35.4 Å². The smallest absolute Gasteiger partial charge is 0.272 e. The summed E-state index contributed by atoms with van der Waals surface area (Å²) in [7, 11) is 0. The van der Waals surface area contributed by atoms with Gasteiger partial charge in [0.1, 0.15) is 17.2 Å². The average molecular weight is 381 g/mol. The number of carbonyl (C=O) groups is 1. The van der Waals surface area contributed by atoms with Crippen LogP contribution in [0, 0.1) is 5.82 Å². The molecule has 0 saturated carbocycles. The standard InChI is InChI=1S/C20H20FN5O2/c21-14-5-1-2-6-16(14)26-18-11-28-10-15(13(18)9-23-26)24-20(27)19-17-7-3-4-8-25(17)12-22-19/h1-2,5-6,9,12,15H,3-4,7-8,10-11H2,(H,24,27)/t15-/m0/s1. The van der Waals surface area contributed by atoms with Gasteiger partial charge >= 0.3 is 0 Å². The van der Waals surface area contributed by atoms with Crippen LogP contribution in [0.4, 0.5) is 4.39 Å². The van der Waals surface area contributed by atoms with Crippen molar-refractivity contribution in [3.63, 3.8) is 0 Å². The number of imidazole rings is 1. The fourth-order valence-corrected chi connectivity index (χ4v) is 3.99. The topological polar surface area (TPSA) is 74.0 Å². The number of nitrogens with zero attached hydrogens (tertiary/aromatic N) is 4. The van der Waals surface area contributed by atoms with Crippen molar-refractivity contribution in [2.24, 2.45) is 0 Å². The molecule has 0 radical (unpaired) electrons. The summed E-state index contributed by atoms with van der Waals surface area (Å²) in [4.78, 5) is 17.2. The molecule has 5 rings (SSSR count). The van der Waals surface area contributed by atoms with Crippen LogP contribution in [0.15, 0.2) is 36.8 Å². The van der Waals surface area contributed by atoms with Crippen molar-refractivity contribution in [3.8, 4) is 5.69 Å². The Hall–Kier alpha value is -3.00. The lowest BCUT2D eigenvalue weighted by molar-refractivity contribution is 0.0683. The largest absolute Gasteiger partial charge is 0.373 e. The molecule has 0 bridgehead atoms. The molecule has 2 aliphatic rings. The molecule has 7 nitrogen and oxygen atoms in total. The number of amides is 1. The molecule has 8 heteroatoms. The predicted octanol–water partition coefficient (Wildman–Crippen LogP) is 2.55. The van der Waals surface area contributed by atoms with Crippen molar-refractivity contribution >= 4 is 5.91 Å². The molecule has 3 aromatic rings. The van der Waals surface area contributed by atoms with E-state index in [4.69, 9.17) is 4.74 Å². The van der Waals surface area contributed by atoms with Gasteiger partial charge in [0.25, 0.3) is 5.91 Å². The van der Waals surface area contributed by atoms with Crippen molar-refractivity contribution in [3.05, 3.63) is 65.3 Å². The van der Waals surface area contributed by atoms with Crippen molar-refractivity contribution < 1.29 is 13.9 Å². The number of ether oxygens (including phenoxy) is 1. The summed E-state index contributed by atoms with van der Waals surface area (Å²) >= 11 is 0. The van der Waals surface area contributed by atoms with E-state index >= 15 is 0 Å². The summed E-state index contributed by atoms with van der Waals surface area (Å²) in [6.07, 6.45) is 6.46. The fraction of sp³-hybridized carbons (Fsp3) is 0.350. The average Bonchev–Trinajstić information content (AvgIpc) is 3.33. The molecular formula is C20H20FN5O2. The predicted molar refractivity (Wildman–Crippen MR) is 98.6 cm³/mol. The van der Waals surface area contributed by atoms with Crippen LogP contribution in [-0.4, -0.2) is 31.8 Å². The highest BCUT2D eigenvalue weighted by molar-refractivity contribution is 5.93. The fourth-order valence-electron chi connectivity index (χ4n) is 3.99. The van der Waals surface area contributed by atoms with Crippen LogP contribution < -0.4 is 5.32 Å². The summed E-state index contributed by atoms with van der Waals surface area (Å²) in [5.74, 6) is -0.570. The third-order valence-electron chi connectivity index (χ3n) is 5.41. The highest BCUT2D eigenvalue weighted by Crippen LogP contribution is 2.28. The minimum Gasteiger partial charge on any atom is -0.373 e. The monoisotopic (exact) mass is 381 g/mol. The molecule has 2 aromatic heterocycles. The number of para-hydroxylation sites is 1. The highest BCUT2D eigenvalue weighted by atomic mass is 19.1. The van der Waals surface area contributed by atoms with Crippen molar-refractivity contribution in [1.29, 1.82) is 0 Å². The third kappa shape index (κ3) is 2.80. The number of aromatic nitrogens is 4. The molecule has 0 aliphatic carbocycles. The minimum absolute atomic E-state index is 0.212. The quantitative estimate of drug-likeness (QED) is 0.757. The lowest BCUT2D eigenvalue weighted by atomic mass is 10.0. The Morgan fingerprint density at radius 3 is 3.04 bits per heavy atom. The Kier molecular flexibility index (Phi) is 4.20. The molecule has 1 aromatic carbocycles. The van der Waals surface area contributed by atoms with Crippen LogP contribution in [0.1, 0.15) is 46.3 Å². The first-order valence-electron chi connectivity index (χ1n) is 9.46. The molecule has 1 amide bonds. The maximum atomic E-state index is 14.2. The van der Waals surface area contributed by atoms with Crippen molar-refractivity contribution in [2.45, 2.75) is 38.5 Å².